The number of aromatic nitrogens is 3. The molecule has 0 aromatic carbocycles. The summed E-state index contributed by atoms with van der Waals surface area (Å²) in [5.41, 5.74) is -1.00. The third-order valence-electron chi connectivity index (χ3n) is 3.95. The first-order valence-corrected chi connectivity index (χ1v) is 7.45. The molecule has 0 bridgehead atoms. The summed E-state index contributed by atoms with van der Waals surface area (Å²) in [5, 5.41) is 4.08. The van der Waals surface area contributed by atoms with Crippen molar-refractivity contribution in [1.29, 1.82) is 0 Å². The van der Waals surface area contributed by atoms with Crippen molar-refractivity contribution in [3.63, 3.8) is 0 Å². The molecular weight excluding hydrogens is 344 g/mol. The van der Waals surface area contributed by atoms with Gasteiger partial charge in [-0.2, -0.15) is 0 Å². The SMILES string of the molecule is COC(=O)c1ccc(-n2ccc(OCC3(C)CC3(F)F)n2)nc1Cl. The fraction of sp³-hybridized carbons (Fsp3) is 0.400. The van der Waals surface area contributed by atoms with Gasteiger partial charge in [-0.05, 0) is 12.1 Å². The molecule has 1 fully saturated rings. The Balaban J connectivity index is 1.72. The summed E-state index contributed by atoms with van der Waals surface area (Å²) in [4.78, 5) is 15.5. The standard InChI is InChI=1S/C15H14ClF2N3O3/c1-14(7-15(14,17)18)8-24-11-5-6-21(20-11)10-4-3-9(12(16)19-10)13(22)23-2/h3-6H,7-8H2,1-2H3. The predicted molar refractivity (Wildman–Crippen MR) is 80.9 cm³/mol. The second kappa shape index (κ2) is 5.70. The molecule has 2 heterocycles. The van der Waals surface area contributed by atoms with E-state index in [0.717, 1.165) is 0 Å². The van der Waals surface area contributed by atoms with Crippen LogP contribution in [0.5, 0.6) is 5.88 Å². The van der Waals surface area contributed by atoms with Crippen LogP contribution in [0.1, 0.15) is 23.7 Å². The Hall–Kier alpha value is -2.22. The van der Waals surface area contributed by atoms with E-state index in [-0.39, 0.29) is 29.6 Å². The Morgan fingerprint density at radius 3 is 2.71 bits per heavy atom. The molecule has 6 nitrogen and oxygen atoms in total. The zero-order valence-corrected chi connectivity index (χ0v) is 13.7. The maximum absolute atomic E-state index is 13.2. The van der Waals surface area contributed by atoms with E-state index in [1.165, 1.54) is 36.9 Å². The maximum atomic E-state index is 13.2. The first-order valence-electron chi connectivity index (χ1n) is 7.07. The second-order valence-electron chi connectivity index (χ2n) is 5.83. The molecule has 1 aliphatic rings. The van der Waals surface area contributed by atoms with Crippen molar-refractivity contribution in [3.05, 3.63) is 35.1 Å². The largest absolute Gasteiger partial charge is 0.476 e. The van der Waals surface area contributed by atoms with Crippen LogP contribution in [0.25, 0.3) is 5.82 Å². The van der Waals surface area contributed by atoms with Gasteiger partial charge >= 0.3 is 5.97 Å². The van der Waals surface area contributed by atoms with Crippen LogP contribution in [0, 0.1) is 5.41 Å². The van der Waals surface area contributed by atoms with E-state index in [1.807, 2.05) is 0 Å². The van der Waals surface area contributed by atoms with Crippen molar-refractivity contribution in [2.45, 2.75) is 19.3 Å². The smallest absolute Gasteiger partial charge is 0.341 e. The van der Waals surface area contributed by atoms with E-state index in [0.29, 0.717) is 5.82 Å². The molecule has 2 aromatic rings. The van der Waals surface area contributed by atoms with Gasteiger partial charge in [0.2, 0.25) is 5.88 Å². The summed E-state index contributed by atoms with van der Waals surface area (Å²) in [6.07, 6.45) is 1.37. The van der Waals surface area contributed by atoms with Crippen molar-refractivity contribution in [3.8, 4) is 11.7 Å². The van der Waals surface area contributed by atoms with Gasteiger partial charge in [0.05, 0.1) is 18.1 Å². The lowest BCUT2D eigenvalue weighted by Gasteiger charge is -2.10. The van der Waals surface area contributed by atoms with Crippen LogP contribution >= 0.6 is 11.6 Å². The number of ether oxygens (including phenoxy) is 2. The Bertz CT molecular complexity index is 796. The number of pyridine rings is 1. The van der Waals surface area contributed by atoms with Crippen LogP contribution < -0.4 is 4.74 Å². The Kier molecular flexibility index (Phi) is 3.95. The number of carbonyl (C=O) groups excluding carboxylic acids is 1. The number of alkyl halides is 2. The van der Waals surface area contributed by atoms with Crippen molar-refractivity contribution < 1.29 is 23.0 Å². The first kappa shape index (κ1) is 16.6. The van der Waals surface area contributed by atoms with Gasteiger partial charge < -0.3 is 9.47 Å². The molecule has 2 aromatic heterocycles. The van der Waals surface area contributed by atoms with Gasteiger partial charge in [-0.15, -0.1) is 5.10 Å². The molecule has 3 rings (SSSR count). The van der Waals surface area contributed by atoms with Crippen LogP contribution in [-0.4, -0.2) is 40.4 Å². The van der Waals surface area contributed by atoms with Crippen molar-refractivity contribution >= 4 is 17.6 Å². The minimum atomic E-state index is -2.69. The van der Waals surface area contributed by atoms with Gasteiger partial charge in [-0.3, -0.25) is 0 Å². The molecule has 0 N–H and O–H groups in total. The van der Waals surface area contributed by atoms with Gasteiger partial charge in [-0.25, -0.2) is 23.2 Å². The fourth-order valence-electron chi connectivity index (χ4n) is 2.16. The number of hydrogen-bond donors (Lipinski definition) is 0. The minimum absolute atomic E-state index is 0.0255. The molecule has 128 valence electrons. The highest BCUT2D eigenvalue weighted by Gasteiger charge is 2.68. The lowest BCUT2D eigenvalue weighted by Crippen LogP contribution is -2.17. The van der Waals surface area contributed by atoms with Crippen molar-refractivity contribution in [2.24, 2.45) is 5.41 Å². The van der Waals surface area contributed by atoms with Crippen LogP contribution in [-0.2, 0) is 4.74 Å². The molecule has 0 spiro atoms. The van der Waals surface area contributed by atoms with Crippen LogP contribution in [0.15, 0.2) is 24.4 Å². The van der Waals surface area contributed by atoms with Gasteiger partial charge in [0.25, 0.3) is 5.92 Å². The van der Waals surface area contributed by atoms with E-state index < -0.39 is 17.3 Å². The number of halogens is 3. The van der Waals surface area contributed by atoms with Crippen LogP contribution in [0.2, 0.25) is 5.15 Å². The third kappa shape index (κ3) is 2.93. The number of hydrogen-bond acceptors (Lipinski definition) is 5. The Morgan fingerprint density at radius 1 is 1.42 bits per heavy atom. The van der Waals surface area contributed by atoms with E-state index in [2.05, 4.69) is 14.8 Å². The summed E-state index contributed by atoms with van der Waals surface area (Å²) in [7, 11) is 1.24. The molecule has 1 unspecified atom stereocenters. The highest BCUT2D eigenvalue weighted by atomic mass is 35.5. The summed E-state index contributed by atoms with van der Waals surface area (Å²) in [5.74, 6) is -2.73. The second-order valence-corrected chi connectivity index (χ2v) is 6.19. The average Bonchev–Trinajstić information content (AvgIpc) is 2.90. The summed E-state index contributed by atoms with van der Waals surface area (Å²) in [6.45, 7) is 1.35. The van der Waals surface area contributed by atoms with Gasteiger partial charge in [0.15, 0.2) is 5.82 Å². The minimum Gasteiger partial charge on any atom is -0.476 e. The monoisotopic (exact) mass is 357 g/mol. The van der Waals surface area contributed by atoms with Crippen LogP contribution in [0.3, 0.4) is 0 Å². The molecule has 0 aliphatic heterocycles. The van der Waals surface area contributed by atoms with E-state index in [1.54, 1.807) is 6.20 Å². The molecule has 9 heteroatoms. The highest BCUT2D eigenvalue weighted by Crippen LogP contribution is 2.60. The molecule has 24 heavy (non-hydrogen) atoms. The quantitative estimate of drug-likeness (QED) is 0.607. The first-order chi connectivity index (χ1) is 11.3. The third-order valence-corrected chi connectivity index (χ3v) is 4.24. The fourth-order valence-corrected chi connectivity index (χ4v) is 2.39. The van der Waals surface area contributed by atoms with E-state index in [4.69, 9.17) is 16.3 Å². The molecule has 0 saturated heterocycles. The molecule has 1 atom stereocenters. The summed E-state index contributed by atoms with van der Waals surface area (Å²) >= 11 is 5.95. The van der Waals surface area contributed by atoms with Gasteiger partial charge in [-0.1, -0.05) is 18.5 Å². The molecule has 0 amide bonds. The number of rotatable bonds is 5. The Morgan fingerprint density at radius 2 is 2.12 bits per heavy atom. The number of esters is 1. The highest BCUT2D eigenvalue weighted by molar-refractivity contribution is 6.32. The average molecular weight is 358 g/mol. The van der Waals surface area contributed by atoms with Crippen molar-refractivity contribution in [1.82, 2.24) is 14.8 Å². The number of carbonyl (C=O) groups is 1. The lowest BCUT2D eigenvalue weighted by atomic mass is 10.1. The summed E-state index contributed by atoms with van der Waals surface area (Å²) in [6, 6.07) is 4.53. The van der Waals surface area contributed by atoms with Gasteiger partial charge in [0.1, 0.15) is 11.8 Å². The molecule has 1 saturated carbocycles. The number of methoxy groups -OCH3 is 1. The van der Waals surface area contributed by atoms with E-state index in [9.17, 15) is 13.6 Å². The molecule has 1 aliphatic carbocycles. The summed E-state index contributed by atoms with van der Waals surface area (Å²) < 4.78 is 37.6. The van der Waals surface area contributed by atoms with Gasteiger partial charge in [0, 0.05) is 18.7 Å². The molecule has 0 radical (unpaired) electrons. The number of nitrogens with zero attached hydrogens (tertiary/aromatic N) is 3. The molecular formula is C15H14ClF2N3O3. The lowest BCUT2D eigenvalue weighted by molar-refractivity contribution is 0.0489. The Labute approximate surface area is 141 Å². The maximum Gasteiger partial charge on any atom is 0.341 e. The van der Waals surface area contributed by atoms with E-state index >= 15 is 0 Å². The zero-order valence-electron chi connectivity index (χ0n) is 12.9. The topological polar surface area (TPSA) is 66.2 Å². The normalized spacial score (nSPS) is 21.4. The predicted octanol–water partition coefficient (Wildman–Crippen LogP) is 3.13. The van der Waals surface area contributed by atoms with Crippen molar-refractivity contribution in [2.75, 3.05) is 13.7 Å². The zero-order chi connectivity index (χ0) is 17.5. The van der Waals surface area contributed by atoms with Crippen LogP contribution in [0.4, 0.5) is 8.78 Å².